The largest absolute Gasteiger partial charge is 0.453 e. The Balaban J connectivity index is 1.44. The summed E-state index contributed by atoms with van der Waals surface area (Å²) in [5.74, 6) is -5.37. The lowest BCUT2D eigenvalue weighted by molar-refractivity contribution is -0.139. The van der Waals surface area contributed by atoms with Crippen LogP contribution in [0.4, 0.5) is 25.0 Å². The number of anilines is 2. The fourth-order valence-electron chi connectivity index (χ4n) is 4.45. The number of alkyl halides is 2. The molecule has 13 nitrogen and oxygen atoms in total. The van der Waals surface area contributed by atoms with E-state index in [4.69, 9.17) is 0 Å². The SMILES string of the molecule is COC(=O)Nc1ccc2c(c1)NC(=O)C(F)(F)C/C=C\C[C@H](NC(=O)/C=C/c1cc(C)ccc1-n1cnnn1)c1nc-2c[nH]1. The highest BCUT2D eigenvalue weighted by atomic mass is 19.3. The smallest absolute Gasteiger partial charge is 0.411 e. The molecule has 0 saturated carbocycles. The standard InChI is InChI=1S/C29H27F2N9O4/c1-17-6-10-24(40-16-33-38-39-40)18(13-17)7-11-25(41)35-21-5-3-4-12-29(30,31)27(42)37-22-14-19(34-28(43)44-2)8-9-20(22)23-15-32-26(21)36-23/h3-4,6-11,13-16,21H,5,12H2,1-2H3,(H,32,36)(H,34,43)(H,35,41)(H,37,42)/b4-3-,11-7+/t21-/m0/s1. The molecule has 2 aromatic heterocycles. The van der Waals surface area contributed by atoms with Crippen LogP contribution in [-0.2, 0) is 14.3 Å². The molecule has 15 heteroatoms. The minimum atomic E-state index is -3.74. The van der Waals surface area contributed by atoms with Gasteiger partial charge in [0, 0.05) is 35.5 Å². The van der Waals surface area contributed by atoms with Gasteiger partial charge in [-0.25, -0.2) is 9.78 Å². The van der Waals surface area contributed by atoms with Crippen molar-refractivity contribution in [3.8, 4) is 16.9 Å². The summed E-state index contributed by atoms with van der Waals surface area (Å²) >= 11 is 0. The third-order valence-electron chi connectivity index (χ3n) is 6.66. The molecular weight excluding hydrogens is 576 g/mol. The number of nitrogens with one attached hydrogen (secondary N) is 4. The van der Waals surface area contributed by atoms with Gasteiger partial charge in [-0.2, -0.15) is 13.5 Å². The predicted molar refractivity (Wildman–Crippen MR) is 156 cm³/mol. The first-order valence-electron chi connectivity index (χ1n) is 13.3. The zero-order valence-corrected chi connectivity index (χ0v) is 23.5. The molecule has 2 bridgehead atoms. The predicted octanol–water partition coefficient (Wildman–Crippen LogP) is 4.33. The Morgan fingerprint density at radius 1 is 1.18 bits per heavy atom. The van der Waals surface area contributed by atoms with E-state index in [1.54, 1.807) is 6.08 Å². The Hall–Kier alpha value is -5.73. The number of benzene rings is 2. The second-order valence-corrected chi connectivity index (χ2v) is 9.83. The molecule has 1 atom stereocenters. The normalized spacial score (nSPS) is 16.9. The number of hydrogen-bond donors (Lipinski definition) is 4. The Kier molecular flexibility index (Phi) is 8.55. The van der Waals surface area contributed by atoms with Crippen LogP contribution in [0, 0.1) is 6.92 Å². The van der Waals surface area contributed by atoms with Crippen LogP contribution < -0.4 is 16.0 Å². The van der Waals surface area contributed by atoms with E-state index in [2.05, 4.69) is 46.2 Å². The van der Waals surface area contributed by atoms with Crippen molar-refractivity contribution >= 4 is 35.4 Å². The minimum Gasteiger partial charge on any atom is -0.453 e. The molecule has 0 fully saturated rings. The number of carbonyl (C=O) groups is 3. The van der Waals surface area contributed by atoms with Crippen molar-refractivity contribution in [2.75, 3.05) is 17.7 Å². The zero-order valence-electron chi connectivity index (χ0n) is 23.5. The summed E-state index contributed by atoms with van der Waals surface area (Å²) < 4.78 is 35.6. The third-order valence-corrected chi connectivity index (χ3v) is 6.66. The number of aromatic nitrogens is 6. The number of halogens is 2. The Bertz CT molecular complexity index is 1750. The molecule has 0 aliphatic carbocycles. The van der Waals surface area contributed by atoms with Gasteiger partial charge in [-0.3, -0.25) is 14.9 Å². The summed E-state index contributed by atoms with van der Waals surface area (Å²) in [4.78, 5) is 45.0. The van der Waals surface area contributed by atoms with E-state index >= 15 is 0 Å². The van der Waals surface area contributed by atoms with Gasteiger partial charge in [0.25, 0.3) is 5.91 Å². The number of amides is 3. The van der Waals surface area contributed by atoms with Gasteiger partial charge in [0.05, 0.1) is 30.2 Å². The highest BCUT2D eigenvalue weighted by molar-refractivity contribution is 6.00. The quantitative estimate of drug-likeness (QED) is 0.193. The molecule has 1 aliphatic heterocycles. The van der Waals surface area contributed by atoms with E-state index in [0.717, 1.165) is 5.56 Å². The molecule has 4 N–H and O–H groups in total. The van der Waals surface area contributed by atoms with Crippen molar-refractivity contribution < 1.29 is 27.9 Å². The number of fused-ring (bicyclic) bond motifs is 4. The van der Waals surface area contributed by atoms with Crippen molar-refractivity contribution in [3.05, 3.63) is 84.1 Å². The molecule has 226 valence electrons. The van der Waals surface area contributed by atoms with Gasteiger partial charge >= 0.3 is 12.0 Å². The number of nitrogens with zero attached hydrogens (tertiary/aromatic N) is 5. The molecule has 3 amide bonds. The molecule has 0 saturated heterocycles. The van der Waals surface area contributed by atoms with Crippen molar-refractivity contribution in [2.24, 2.45) is 0 Å². The van der Waals surface area contributed by atoms with Crippen LogP contribution in [0.15, 0.2) is 67.2 Å². The third kappa shape index (κ3) is 6.83. The molecule has 0 radical (unpaired) electrons. The number of aromatic amines is 1. The molecule has 5 rings (SSSR count). The van der Waals surface area contributed by atoms with Gasteiger partial charge in [-0.05, 0) is 60.2 Å². The maximum atomic E-state index is 14.8. The first-order chi connectivity index (χ1) is 21.1. The monoisotopic (exact) mass is 603 g/mol. The molecule has 0 spiro atoms. The van der Waals surface area contributed by atoms with Crippen molar-refractivity contribution in [2.45, 2.75) is 31.7 Å². The van der Waals surface area contributed by atoms with Gasteiger partial charge in [0.15, 0.2) is 0 Å². The second kappa shape index (κ2) is 12.6. The number of tetrazole rings is 1. The van der Waals surface area contributed by atoms with Crippen LogP contribution in [0.5, 0.6) is 0 Å². The van der Waals surface area contributed by atoms with Gasteiger partial charge in [-0.15, -0.1) is 5.10 Å². The van der Waals surface area contributed by atoms with E-state index < -0.39 is 36.3 Å². The van der Waals surface area contributed by atoms with Gasteiger partial charge < -0.3 is 20.4 Å². The maximum Gasteiger partial charge on any atom is 0.411 e. The Labute approximate surface area is 249 Å². The van der Waals surface area contributed by atoms with Crippen LogP contribution in [0.25, 0.3) is 23.0 Å². The van der Waals surface area contributed by atoms with Crippen molar-refractivity contribution in [1.29, 1.82) is 0 Å². The van der Waals surface area contributed by atoms with E-state index in [9.17, 15) is 23.2 Å². The van der Waals surface area contributed by atoms with Gasteiger partial charge in [0.1, 0.15) is 12.2 Å². The summed E-state index contributed by atoms with van der Waals surface area (Å²) in [5.41, 5.74) is 3.13. The highest BCUT2D eigenvalue weighted by Crippen LogP contribution is 2.33. The number of aryl methyl sites for hydroxylation is 1. The number of hydrogen-bond acceptors (Lipinski definition) is 8. The van der Waals surface area contributed by atoms with Gasteiger partial charge in [-0.1, -0.05) is 23.8 Å². The maximum absolute atomic E-state index is 14.8. The number of imidazole rings is 1. The molecule has 1 aliphatic rings. The Morgan fingerprint density at radius 3 is 2.80 bits per heavy atom. The number of carbonyl (C=O) groups excluding carboxylic acids is 3. The first kappa shape index (κ1) is 29.8. The highest BCUT2D eigenvalue weighted by Gasteiger charge is 2.38. The average Bonchev–Trinajstić information content (AvgIpc) is 3.71. The fourth-order valence-corrected chi connectivity index (χ4v) is 4.45. The molecule has 44 heavy (non-hydrogen) atoms. The molecular formula is C29H27F2N9O4. The summed E-state index contributed by atoms with van der Waals surface area (Å²) in [6, 6.07) is 9.21. The number of rotatable bonds is 5. The first-order valence-corrected chi connectivity index (χ1v) is 13.3. The minimum absolute atomic E-state index is 0.00934. The van der Waals surface area contributed by atoms with Crippen LogP contribution in [0.2, 0.25) is 0 Å². The number of methoxy groups -OCH3 is 1. The summed E-state index contributed by atoms with van der Waals surface area (Å²) in [5, 5.41) is 18.8. The van der Waals surface area contributed by atoms with E-state index in [1.165, 1.54) is 60.7 Å². The summed E-state index contributed by atoms with van der Waals surface area (Å²) in [6.07, 6.45) is 7.04. The number of ether oxygens (including phenoxy) is 1. The van der Waals surface area contributed by atoms with E-state index in [1.807, 2.05) is 25.1 Å². The Morgan fingerprint density at radius 2 is 2.02 bits per heavy atom. The van der Waals surface area contributed by atoms with E-state index in [-0.39, 0.29) is 17.8 Å². The topological polar surface area (TPSA) is 169 Å². The van der Waals surface area contributed by atoms with Crippen LogP contribution in [0.1, 0.15) is 35.8 Å². The van der Waals surface area contributed by atoms with E-state index in [0.29, 0.717) is 28.3 Å². The van der Waals surface area contributed by atoms with Crippen LogP contribution in [0.3, 0.4) is 0 Å². The van der Waals surface area contributed by atoms with Crippen molar-refractivity contribution in [1.82, 2.24) is 35.5 Å². The fraction of sp³-hybridized carbons (Fsp3) is 0.207. The van der Waals surface area contributed by atoms with Crippen LogP contribution in [-0.4, -0.2) is 61.1 Å². The molecule has 0 unspecified atom stereocenters. The summed E-state index contributed by atoms with van der Waals surface area (Å²) in [7, 11) is 1.18. The van der Waals surface area contributed by atoms with Crippen LogP contribution >= 0.6 is 0 Å². The average molecular weight is 604 g/mol. The lowest BCUT2D eigenvalue weighted by Crippen LogP contribution is -2.34. The molecule has 4 aromatic rings. The molecule has 3 heterocycles. The number of H-pyrrole nitrogens is 1. The zero-order chi connectivity index (χ0) is 31.3. The number of allylic oxidation sites excluding steroid dienone is 1. The second-order valence-electron chi connectivity index (χ2n) is 9.83. The molecule has 2 aromatic carbocycles. The lowest BCUT2D eigenvalue weighted by atomic mass is 10.1. The van der Waals surface area contributed by atoms with Gasteiger partial charge in [0.2, 0.25) is 5.91 Å². The summed E-state index contributed by atoms with van der Waals surface area (Å²) in [6.45, 7) is 1.91. The van der Waals surface area contributed by atoms with Crippen molar-refractivity contribution in [3.63, 3.8) is 0 Å². The lowest BCUT2D eigenvalue weighted by Gasteiger charge is -2.17.